The normalized spacial score (nSPS) is 21.3. The third kappa shape index (κ3) is 3.60. The Hall–Kier alpha value is -3.50. The Balaban J connectivity index is 1.45. The van der Waals surface area contributed by atoms with Crippen LogP contribution in [0.2, 0.25) is 0 Å². The molecule has 3 aromatic rings. The molecule has 3 aromatic heterocycles. The Morgan fingerprint density at radius 1 is 1.29 bits per heavy atom. The topological polar surface area (TPSA) is 109 Å². The van der Waals surface area contributed by atoms with Crippen LogP contribution in [0.15, 0.2) is 24.7 Å². The lowest BCUT2D eigenvalue weighted by atomic mass is 10.1. The molecule has 0 bridgehead atoms. The standard InChI is InChI=1S/C20H23FN8O2/c1-22-17-7-15(12-8-24-28(10-12)13-2-4-27(11-30)5-3-13)26-29-18(9-23-19(17)29)20(31)25-16-6-14(16)21/h7-11,13-14,16,22H,2-6H2,1H3,(H,25,31)/t14-,16+/m0/s1. The van der Waals surface area contributed by atoms with Gasteiger partial charge in [-0.2, -0.15) is 10.2 Å². The van der Waals surface area contributed by atoms with E-state index >= 15 is 0 Å². The number of hydrogen-bond donors (Lipinski definition) is 2. The van der Waals surface area contributed by atoms with Crippen LogP contribution in [0.3, 0.4) is 0 Å². The van der Waals surface area contributed by atoms with Gasteiger partial charge in [0.1, 0.15) is 6.17 Å². The molecule has 2 aliphatic rings. The van der Waals surface area contributed by atoms with Crippen LogP contribution in [-0.2, 0) is 4.79 Å². The first kappa shape index (κ1) is 19.5. The SMILES string of the molecule is CNc1cc(-c2cnn(C3CCN(C=O)CC3)c2)nn2c(C(=O)N[C@@H]3C[C@@H]3F)cnc12. The van der Waals surface area contributed by atoms with Crippen LogP contribution in [0.25, 0.3) is 16.9 Å². The van der Waals surface area contributed by atoms with Crippen molar-refractivity contribution in [3.05, 3.63) is 30.4 Å². The van der Waals surface area contributed by atoms with Crippen molar-refractivity contribution >= 4 is 23.7 Å². The summed E-state index contributed by atoms with van der Waals surface area (Å²) in [7, 11) is 1.77. The maximum atomic E-state index is 13.2. The monoisotopic (exact) mass is 426 g/mol. The number of nitrogens with zero attached hydrogens (tertiary/aromatic N) is 6. The number of fused-ring (bicyclic) bond motifs is 1. The van der Waals surface area contributed by atoms with Crippen LogP contribution in [0.4, 0.5) is 10.1 Å². The number of nitrogens with one attached hydrogen (secondary N) is 2. The molecule has 11 heteroatoms. The van der Waals surface area contributed by atoms with Gasteiger partial charge in [0.2, 0.25) is 6.41 Å². The lowest BCUT2D eigenvalue weighted by Crippen LogP contribution is -2.33. The maximum Gasteiger partial charge on any atom is 0.271 e. The molecule has 1 aliphatic heterocycles. The molecule has 0 aromatic carbocycles. The van der Waals surface area contributed by atoms with Gasteiger partial charge in [-0.15, -0.1) is 0 Å². The van der Waals surface area contributed by atoms with Gasteiger partial charge in [-0.25, -0.2) is 13.9 Å². The van der Waals surface area contributed by atoms with Crippen LogP contribution < -0.4 is 10.6 Å². The predicted molar refractivity (Wildman–Crippen MR) is 110 cm³/mol. The highest BCUT2D eigenvalue weighted by Gasteiger charge is 2.39. The number of aromatic nitrogens is 5. The summed E-state index contributed by atoms with van der Waals surface area (Å²) in [6.07, 6.45) is 7.06. The number of anilines is 1. The number of alkyl halides is 1. The summed E-state index contributed by atoms with van der Waals surface area (Å²) in [6.45, 7) is 1.43. The van der Waals surface area contributed by atoms with Crippen molar-refractivity contribution in [2.24, 2.45) is 0 Å². The van der Waals surface area contributed by atoms with Gasteiger partial charge in [-0.05, 0) is 18.9 Å². The van der Waals surface area contributed by atoms with Gasteiger partial charge in [0.25, 0.3) is 5.91 Å². The minimum atomic E-state index is -0.983. The number of carbonyl (C=O) groups excluding carboxylic acids is 2. The molecule has 2 N–H and O–H groups in total. The second kappa shape index (κ2) is 7.64. The maximum absolute atomic E-state index is 13.2. The molecule has 0 radical (unpaired) electrons. The number of piperidine rings is 1. The first-order chi connectivity index (χ1) is 15.1. The summed E-state index contributed by atoms with van der Waals surface area (Å²) >= 11 is 0. The molecule has 4 heterocycles. The number of likely N-dealkylation sites (tertiary alicyclic amines) is 1. The van der Waals surface area contributed by atoms with Crippen molar-refractivity contribution in [2.75, 3.05) is 25.5 Å². The number of amides is 2. The second-order valence-corrected chi connectivity index (χ2v) is 7.99. The minimum Gasteiger partial charge on any atom is -0.385 e. The summed E-state index contributed by atoms with van der Waals surface area (Å²) in [5.74, 6) is -0.401. The first-order valence-corrected chi connectivity index (χ1v) is 10.3. The zero-order chi connectivity index (χ0) is 21.5. The van der Waals surface area contributed by atoms with Gasteiger partial charge in [0.15, 0.2) is 11.3 Å². The van der Waals surface area contributed by atoms with Crippen LogP contribution in [0, 0.1) is 0 Å². The van der Waals surface area contributed by atoms with Gasteiger partial charge in [0.05, 0.1) is 35.9 Å². The van der Waals surface area contributed by atoms with Crippen LogP contribution in [0.1, 0.15) is 35.8 Å². The van der Waals surface area contributed by atoms with E-state index in [-0.39, 0.29) is 11.7 Å². The smallest absolute Gasteiger partial charge is 0.271 e. The van der Waals surface area contributed by atoms with Crippen molar-refractivity contribution < 1.29 is 14.0 Å². The molecule has 2 atom stereocenters. The lowest BCUT2D eigenvalue weighted by molar-refractivity contribution is -0.119. The summed E-state index contributed by atoms with van der Waals surface area (Å²) in [6, 6.07) is 1.65. The first-order valence-electron chi connectivity index (χ1n) is 10.3. The molecular formula is C20H23FN8O2. The van der Waals surface area contributed by atoms with Crippen LogP contribution in [0.5, 0.6) is 0 Å². The minimum absolute atomic E-state index is 0.222. The number of halogens is 1. The predicted octanol–water partition coefficient (Wildman–Crippen LogP) is 1.27. The van der Waals surface area contributed by atoms with Crippen molar-refractivity contribution in [3.8, 4) is 11.3 Å². The van der Waals surface area contributed by atoms with Crippen LogP contribution in [-0.4, -0.2) is 73.9 Å². The van der Waals surface area contributed by atoms with Gasteiger partial charge in [-0.1, -0.05) is 0 Å². The molecule has 0 spiro atoms. The van der Waals surface area contributed by atoms with Crippen molar-refractivity contribution in [3.63, 3.8) is 0 Å². The summed E-state index contributed by atoms with van der Waals surface area (Å²) < 4.78 is 16.6. The Morgan fingerprint density at radius 2 is 2.06 bits per heavy atom. The highest BCUT2D eigenvalue weighted by molar-refractivity contribution is 5.94. The highest BCUT2D eigenvalue weighted by atomic mass is 19.1. The quantitative estimate of drug-likeness (QED) is 0.575. The van der Waals surface area contributed by atoms with E-state index < -0.39 is 18.1 Å². The van der Waals surface area contributed by atoms with Gasteiger partial charge >= 0.3 is 0 Å². The number of rotatable bonds is 6. The number of imidazole rings is 1. The Bertz CT molecular complexity index is 1130. The van der Waals surface area contributed by atoms with Gasteiger partial charge in [-0.3, -0.25) is 14.3 Å². The zero-order valence-electron chi connectivity index (χ0n) is 17.0. The molecular weight excluding hydrogens is 403 g/mol. The third-order valence-electron chi connectivity index (χ3n) is 5.92. The molecule has 2 fully saturated rings. The fourth-order valence-corrected chi connectivity index (χ4v) is 3.93. The van der Waals surface area contributed by atoms with E-state index in [9.17, 15) is 14.0 Å². The molecule has 2 amide bonds. The van der Waals surface area contributed by atoms with E-state index in [1.807, 2.05) is 16.9 Å². The fourth-order valence-electron chi connectivity index (χ4n) is 3.93. The van der Waals surface area contributed by atoms with E-state index in [2.05, 4.69) is 25.8 Å². The Labute approximate surface area is 177 Å². The molecule has 1 saturated carbocycles. The highest BCUT2D eigenvalue weighted by Crippen LogP contribution is 2.28. The number of carbonyl (C=O) groups is 2. The lowest BCUT2D eigenvalue weighted by Gasteiger charge is -2.29. The Kier molecular flexibility index (Phi) is 4.79. The number of hydrogen-bond acceptors (Lipinski definition) is 6. The van der Waals surface area contributed by atoms with Gasteiger partial charge < -0.3 is 15.5 Å². The van der Waals surface area contributed by atoms with Crippen molar-refractivity contribution in [1.29, 1.82) is 0 Å². The Morgan fingerprint density at radius 3 is 2.74 bits per heavy atom. The van der Waals surface area contributed by atoms with Crippen molar-refractivity contribution in [1.82, 2.24) is 34.6 Å². The average molecular weight is 426 g/mol. The molecule has 1 saturated heterocycles. The third-order valence-corrected chi connectivity index (χ3v) is 5.92. The van der Waals surface area contributed by atoms with E-state index in [1.54, 1.807) is 18.1 Å². The average Bonchev–Trinajstić information content (AvgIpc) is 3.18. The van der Waals surface area contributed by atoms with Crippen LogP contribution >= 0.6 is 0 Å². The zero-order valence-corrected chi connectivity index (χ0v) is 17.0. The molecule has 162 valence electrons. The van der Waals surface area contributed by atoms with Crippen molar-refractivity contribution in [2.45, 2.75) is 37.5 Å². The molecule has 31 heavy (non-hydrogen) atoms. The van der Waals surface area contributed by atoms with Gasteiger partial charge in [0, 0.05) is 38.3 Å². The molecule has 1 aliphatic carbocycles. The molecule has 5 rings (SSSR count). The summed E-state index contributed by atoms with van der Waals surface area (Å²) in [5, 5.41) is 14.9. The largest absolute Gasteiger partial charge is 0.385 e. The second-order valence-electron chi connectivity index (χ2n) is 7.99. The summed E-state index contributed by atoms with van der Waals surface area (Å²) in [4.78, 5) is 29.6. The van der Waals surface area contributed by atoms with E-state index in [4.69, 9.17) is 0 Å². The summed E-state index contributed by atoms with van der Waals surface area (Å²) in [5.41, 5.74) is 2.92. The molecule has 0 unspecified atom stereocenters. The van der Waals surface area contributed by atoms with E-state index in [0.717, 1.165) is 24.8 Å². The fraction of sp³-hybridized carbons (Fsp3) is 0.450. The molecule has 10 nitrogen and oxygen atoms in total. The van der Waals surface area contributed by atoms with E-state index in [1.165, 1.54) is 10.7 Å². The van der Waals surface area contributed by atoms with E-state index in [0.29, 0.717) is 36.5 Å².